The molecule has 0 amide bonds. The van der Waals surface area contributed by atoms with E-state index in [1.807, 2.05) is 0 Å². The third kappa shape index (κ3) is 3.97. The maximum Gasteiger partial charge on any atom is 0.353 e. The average molecular weight is 393 g/mol. The maximum atomic E-state index is 11.5. The lowest BCUT2D eigenvalue weighted by Crippen LogP contribution is -2.23. The standard InChI is InChI=1S/C15H17BrN6O2/c16-10-6-7-12(17-8-10)21-15-13(22(23)24)14(18-9-19-15)20-11-4-2-1-3-5-11/h6-9,11H,1-5H2,(H2,17,18,19,20,21). The van der Waals surface area contributed by atoms with Crippen molar-refractivity contribution in [2.45, 2.75) is 38.1 Å². The van der Waals surface area contributed by atoms with Crippen LogP contribution in [0.4, 0.5) is 23.1 Å². The van der Waals surface area contributed by atoms with E-state index in [0.717, 1.165) is 30.2 Å². The number of hydrogen-bond donors (Lipinski definition) is 2. The lowest BCUT2D eigenvalue weighted by Gasteiger charge is -2.23. The van der Waals surface area contributed by atoms with Crippen molar-refractivity contribution >= 4 is 39.1 Å². The lowest BCUT2D eigenvalue weighted by atomic mass is 9.95. The summed E-state index contributed by atoms with van der Waals surface area (Å²) in [6.07, 6.45) is 8.40. The zero-order valence-electron chi connectivity index (χ0n) is 12.9. The molecule has 0 bridgehead atoms. The number of halogens is 1. The van der Waals surface area contributed by atoms with Crippen LogP contribution in [0.15, 0.2) is 29.1 Å². The normalized spacial score (nSPS) is 15.0. The van der Waals surface area contributed by atoms with E-state index in [1.54, 1.807) is 18.3 Å². The molecule has 0 aromatic carbocycles. The number of nitrogens with zero attached hydrogens (tertiary/aromatic N) is 4. The fraction of sp³-hybridized carbons (Fsp3) is 0.400. The molecule has 0 radical (unpaired) electrons. The molecule has 2 aromatic rings. The van der Waals surface area contributed by atoms with Crippen LogP contribution >= 0.6 is 15.9 Å². The Balaban J connectivity index is 1.86. The van der Waals surface area contributed by atoms with Crippen molar-refractivity contribution in [1.82, 2.24) is 15.0 Å². The summed E-state index contributed by atoms with van der Waals surface area (Å²) in [4.78, 5) is 23.3. The van der Waals surface area contributed by atoms with Gasteiger partial charge in [-0.05, 0) is 40.9 Å². The SMILES string of the molecule is O=[N+]([O-])c1c(Nc2ccc(Br)cn2)ncnc1NC1CCCCC1. The van der Waals surface area contributed by atoms with Gasteiger partial charge < -0.3 is 10.6 Å². The summed E-state index contributed by atoms with van der Waals surface area (Å²) < 4.78 is 0.824. The molecule has 0 unspecified atom stereocenters. The van der Waals surface area contributed by atoms with E-state index in [1.165, 1.54) is 12.7 Å². The first kappa shape index (κ1) is 16.6. The monoisotopic (exact) mass is 392 g/mol. The van der Waals surface area contributed by atoms with Crippen LogP contribution in [0.25, 0.3) is 0 Å². The van der Waals surface area contributed by atoms with Gasteiger partial charge in [0.1, 0.15) is 12.1 Å². The highest BCUT2D eigenvalue weighted by Crippen LogP contribution is 2.32. The molecule has 2 heterocycles. The van der Waals surface area contributed by atoms with Gasteiger partial charge >= 0.3 is 5.69 Å². The highest BCUT2D eigenvalue weighted by Gasteiger charge is 2.25. The topological polar surface area (TPSA) is 106 Å². The van der Waals surface area contributed by atoms with Crippen molar-refractivity contribution in [1.29, 1.82) is 0 Å². The number of hydrogen-bond acceptors (Lipinski definition) is 7. The van der Waals surface area contributed by atoms with Crippen molar-refractivity contribution < 1.29 is 4.92 Å². The molecule has 0 spiro atoms. The molecule has 9 heteroatoms. The molecule has 0 aliphatic heterocycles. The van der Waals surface area contributed by atoms with E-state index in [2.05, 4.69) is 41.5 Å². The third-order valence-electron chi connectivity index (χ3n) is 3.92. The molecule has 0 saturated heterocycles. The quantitative estimate of drug-likeness (QED) is 0.584. The Hall–Kier alpha value is -2.29. The van der Waals surface area contributed by atoms with E-state index in [-0.39, 0.29) is 23.4 Å². The number of anilines is 3. The molecule has 0 atom stereocenters. The van der Waals surface area contributed by atoms with Gasteiger partial charge in [-0.25, -0.2) is 15.0 Å². The molecule has 2 N–H and O–H groups in total. The largest absolute Gasteiger partial charge is 0.361 e. The first-order valence-electron chi connectivity index (χ1n) is 7.78. The zero-order valence-corrected chi connectivity index (χ0v) is 14.5. The van der Waals surface area contributed by atoms with Crippen LogP contribution in [0.5, 0.6) is 0 Å². The maximum absolute atomic E-state index is 11.5. The van der Waals surface area contributed by atoms with E-state index in [4.69, 9.17) is 0 Å². The number of aromatic nitrogens is 3. The lowest BCUT2D eigenvalue weighted by molar-refractivity contribution is -0.383. The number of nitro groups is 1. The minimum absolute atomic E-state index is 0.128. The number of nitrogens with one attached hydrogen (secondary N) is 2. The summed E-state index contributed by atoms with van der Waals surface area (Å²) in [6.45, 7) is 0. The number of rotatable bonds is 5. The van der Waals surface area contributed by atoms with Crippen molar-refractivity contribution in [3.8, 4) is 0 Å². The Kier molecular flexibility index (Phi) is 5.19. The second kappa shape index (κ2) is 7.52. The molecular weight excluding hydrogens is 376 g/mol. The van der Waals surface area contributed by atoms with Crippen molar-refractivity contribution in [2.24, 2.45) is 0 Å². The first-order valence-corrected chi connectivity index (χ1v) is 8.57. The van der Waals surface area contributed by atoms with Crippen LogP contribution in [0, 0.1) is 10.1 Å². The van der Waals surface area contributed by atoms with Crippen LogP contribution in [-0.2, 0) is 0 Å². The summed E-state index contributed by atoms with van der Waals surface area (Å²) in [5.41, 5.74) is -0.159. The minimum Gasteiger partial charge on any atom is -0.361 e. The van der Waals surface area contributed by atoms with E-state index < -0.39 is 4.92 Å². The van der Waals surface area contributed by atoms with Crippen LogP contribution in [0.1, 0.15) is 32.1 Å². The molecule has 1 saturated carbocycles. The smallest absolute Gasteiger partial charge is 0.353 e. The van der Waals surface area contributed by atoms with Crippen molar-refractivity contribution in [3.63, 3.8) is 0 Å². The highest BCUT2D eigenvalue weighted by atomic mass is 79.9. The van der Waals surface area contributed by atoms with Gasteiger partial charge in [0.15, 0.2) is 0 Å². The molecule has 1 aliphatic carbocycles. The molecule has 1 aliphatic rings. The van der Waals surface area contributed by atoms with E-state index in [9.17, 15) is 10.1 Å². The second-order valence-electron chi connectivity index (χ2n) is 5.64. The van der Waals surface area contributed by atoms with Crippen LogP contribution in [0.3, 0.4) is 0 Å². The van der Waals surface area contributed by atoms with Gasteiger partial charge in [-0.2, -0.15) is 0 Å². The van der Waals surface area contributed by atoms with Crippen molar-refractivity contribution in [3.05, 3.63) is 39.2 Å². The van der Waals surface area contributed by atoms with Gasteiger partial charge in [0.05, 0.1) is 4.92 Å². The summed E-state index contributed by atoms with van der Waals surface area (Å²) >= 11 is 3.30. The number of pyridine rings is 1. The third-order valence-corrected chi connectivity index (χ3v) is 4.39. The fourth-order valence-corrected chi connectivity index (χ4v) is 2.99. The summed E-state index contributed by atoms with van der Waals surface area (Å²) in [5.74, 6) is 0.855. The summed E-state index contributed by atoms with van der Waals surface area (Å²) in [7, 11) is 0. The van der Waals surface area contributed by atoms with Crippen LogP contribution < -0.4 is 10.6 Å². The molecule has 126 valence electrons. The summed E-state index contributed by atoms with van der Waals surface area (Å²) in [5, 5.41) is 17.6. The van der Waals surface area contributed by atoms with Gasteiger partial charge in [0.25, 0.3) is 0 Å². The van der Waals surface area contributed by atoms with Crippen LogP contribution in [-0.4, -0.2) is 25.9 Å². The first-order chi connectivity index (χ1) is 11.6. The van der Waals surface area contributed by atoms with Gasteiger partial charge in [-0.3, -0.25) is 10.1 Å². The predicted octanol–water partition coefficient (Wildman–Crippen LogP) is 4.03. The van der Waals surface area contributed by atoms with E-state index in [0.29, 0.717) is 5.82 Å². The van der Waals surface area contributed by atoms with E-state index >= 15 is 0 Å². The Labute approximate surface area is 147 Å². The molecule has 24 heavy (non-hydrogen) atoms. The summed E-state index contributed by atoms with van der Waals surface area (Å²) in [6, 6.07) is 3.72. The Morgan fingerprint density at radius 2 is 1.88 bits per heavy atom. The molecular formula is C15H17BrN6O2. The highest BCUT2D eigenvalue weighted by molar-refractivity contribution is 9.10. The molecule has 3 rings (SSSR count). The van der Waals surface area contributed by atoms with Crippen molar-refractivity contribution in [2.75, 3.05) is 10.6 Å². The minimum atomic E-state index is -0.466. The molecule has 1 fully saturated rings. The Morgan fingerprint density at radius 1 is 1.12 bits per heavy atom. The predicted molar refractivity (Wildman–Crippen MR) is 94.4 cm³/mol. The molecule has 8 nitrogen and oxygen atoms in total. The average Bonchev–Trinajstić information content (AvgIpc) is 2.58. The van der Waals surface area contributed by atoms with Gasteiger partial charge in [0, 0.05) is 16.7 Å². The second-order valence-corrected chi connectivity index (χ2v) is 6.56. The van der Waals surface area contributed by atoms with Gasteiger partial charge in [-0.1, -0.05) is 19.3 Å². The van der Waals surface area contributed by atoms with Crippen LogP contribution in [0.2, 0.25) is 0 Å². The Morgan fingerprint density at radius 3 is 2.54 bits per heavy atom. The molecule has 2 aromatic heterocycles. The van der Waals surface area contributed by atoms with Gasteiger partial charge in [0.2, 0.25) is 11.6 Å². The van der Waals surface area contributed by atoms with Gasteiger partial charge in [-0.15, -0.1) is 0 Å². The zero-order chi connectivity index (χ0) is 16.9. The fourth-order valence-electron chi connectivity index (χ4n) is 2.76. The Bertz CT molecular complexity index is 718.